The van der Waals surface area contributed by atoms with E-state index >= 15 is 0 Å². The topological polar surface area (TPSA) is 49.8 Å². The maximum absolute atomic E-state index is 9.17. The smallest absolute Gasteiger partial charge is 0.141 e. The molecule has 0 amide bonds. The van der Waals surface area contributed by atoms with Crippen LogP contribution < -0.4 is 0 Å². The molecular weight excluding hydrogens is 224 g/mol. The zero-order chi connectivity index (χ0) is 12.5. The number of nitrogens with zero attached hydrogens (tertiary/aromatic N) is 2. The van der Waals surface area contributed by atoms with Gasteiger partial charge >= 0.3 is 0 Å². The van der Waals surface area contributed by atoms with Crippen LogP contribution in [0.1, 0.15) is 11.3 Å². The summed E-state index contributed by atoms with van der Waals surface area (Å²) in [6.07, 6.45) is 3.26. The minimum atomic E-state index is 0.560. The molecule has 0 spiro atoms. The van der Waals surface area contributed by atoms with Crippen molar-refractivity contribution in [2.75, 3.05) is 0 Å². The summed E-state index contributed by atoms with van der Waals surface area (Å²) in [7, 11) is 0. The van der Waals surface area contributed by atoms with Gasteiger partial charge in [0.15, 0.2) is 0 Å². The first-order chi connectivity index (χ1) is 8.79. The SMILES string of the molecule is Cc1cc(-c2cccc3ccoc23)c(C#N)cn1. The van der Waals surface area contributed by atoms with Crippen molar-refractivity contribution in [1.29, 1.82) is 5.26 Å². The Bertz CT molecular complexity index is 766. The van der Waals surface area contributed by atoms with E-state index in [4.69, 9.17) is 4.42 Å². The highest BCUT2D eigenvalue weighted by molar-refractivity contribution is 5.93. The van der Waals surface area contributed by atoms with Crippen molar-refractivity contribution in [3.05, 3.63) is 54.0 Å². The molecule has 0 fully saturated rings. The molecule has 0 aliphatic carbocycles. The molecule has 0 radical (unpaired) electrons. The lowest BCUT2D eigenvalue weighted by molar-refractivity contribution is 0.617. The van der Waals surface area contributed by atoms with Gasteiger partial charge in [0.05, 0.1) is 11.8 Å². The van der Waals surface area contributed by atoms with E-state index in [1.165, 1.54) is 0 Å². The molecule has 3 rings (SSSR count). The van der Waals surface area contributed by atoms with Gasteiger partial charge in [-0.3, -0.25) is 4.98 Å². The Morgan fingerprint density at radius 1 is 1.22 bits per heavy atom. The van der Waals surface area contributed by atoms with E-state index in [-0.39, 0.29) is 0 Å². The van der Waals surface area contributed by atoms with Gasteiger partial charge in [0.2, 0.25) is 0 Å². The lowest BCUT2D eigenvalue weighted by atomic mass is 10.00. The summed E-state index contributed by atoms with van der Waals surface area (Å²) in [6.45, 7) is 1.91. The fourth-order valence-corrected chi connectivity index (χ4v) is 2.08. The van der Waals surface area contributed by atoms with Gasteiger partial charge in [0.25, 0.3) is 0 Å². The number of benzene rings is 1. The molecule has 2 heterocycles. The molecule has 86 valence electrons. The quantitative estimate of drug-likeness (QED) is 0.645. The van der Waals surface area contributed by atoms with Crippen LogP contribution in [-0.4, -0.2) is 4.98 Å². The minimum absolute atomic E-state index is 0.560. The van der Waals surface area contributed by atoms with Crippen molar-refractivity contribution in [3.8, 4) is 17.2 Å². The molecule has 0 aliphatic rings. The number of aromatic nitrogens is 1. The predicted molar refractivity (Wildman–Crippen MR) is 68.9 cm³/mol. The maximum atomic E-state index is 9.17. The molecular formula is C15H10N2O. The fourth-order valence-electron chi connectivity index (χ4n) is 2.08. The number of hydrogen-bond acceptors (Lipinski definition) is 3. The van der Waals surface area contributed by atoms with E-state index < -0.39 is 0 Å². The van der Waals surface area contributed by atoms with E-state index in [1.807, 2.05) is 37.3 Å². The number of pyridine rings is 1. The van der Waals surface area contributed by atoms with E-state index in [0.717, 1.165) is 27.8 Å². The summed E-state index contributed by atoms with van der Waals surface area (Å²) in [5.41, 5.74) is 4.04. The molecule has 3 nitrogen and oxygen atoms in total. The predicted octanol–water partition coefficient (Wildman–Crippen LogP) is 3.67. The van der Waals surface area contributed by atoms with Crippen molar-refractivity contribution < 1.29 is 4.42 Å². The molecule has 0 saturated carbocycles. The standard InChI is InChI=1S/C15H10N2O/c1-10-7-14(12(8-16)9-17-10)13-4-2-3-11-5-6-18-15(11)13/h2-7,9H,1H3. The molecule has 0 saturated heterocycles. The number of rotatable bonds is 1. The Labute approximate surface area is 104 Å². The van der Waals surface area contributed by atoms with Crippen LogP contribution in [0.5, 0.6) is 0 Å². The van der Waals surface area contributed by atoms with Crippen molar-refractivity contribution >= 4 is 11.0 Å². The number of hydrogen-bond donors (Lipinski definition) is 0. The Balaban J connectivity index is 2.36. The van der Waals surface area contributed by atoms with Gasteiger partial charge in [-0.15, -0.1) is 0 Å². The monoisotopic (exact) mass is 234 g/mol. The highest BCUT2D eigenvalue weighted by Gasteiger charge is 2.11. The average molecular weight is 234 g/mol. The molecule has 0 atom stereocenters. The third kappa shape index (κ3) is 1.56. The van der Waals surface area contributed by atoms with Gasteiger partial charge in [-0.25, -0.2) is 0 Å². The van der Waals surface area contributed by atoms with Gasteiger partial charge in [0, 0.05) is 28.4 Å². The van der Waals surface area contributed by atoms with Gasteiger partial charge in [-0.05, 0) is 19.1 Å². The molecule has 0 N–H and O–H groups in total. The molecule has 1 aromatic carbocycles. The van der Waals surface area contributed by atoms with Crippen LogP contribution in [0.4, 0.5) is 0 Å². The largest absolute Gasteiger partial charge is 0.464 e. The second-order valence-electron chi connectivity index (χ2n) is 4.13. The number of nitriles is 1. The van der Waals surface area contributed by atoms with E-state index in [9.17, 15) is 5.26 Å². The van der Waals surface area contributed by atoms with Crippen LogP contribution in [0.25, 0.3) is 22.1 Å². The van der Waals surface area contributed by atoms with E-state index in [0.29, 0.717) is 5.56 Å². The Morgan fingerprint density at radius 3 is 2.94 bits per heavy atom. The number of aryl methyl sites for hydroxylation is 1. The first-order valence-corrected chi connectivity index (χ1v) is 5.63. The van der Waals surface area contributed by atoms with Crippen molar-refractivity contribution in [1.82, 2.24) is 4.98 Å². The Morgan fingerprint density at radius 2 is 2.11 bits per heavy atom. The third-order valence-corrected chi connectivity index (χ3v) is 2.93. The minimum Gasteiger partial charge on any atom is -0.464 e. The summed E-state index contributed by atoms with van der Waals surface area (Å²) in [4.78, 5) is 4.15. The second kappa shape index (κ2) is 4.01. The van der Waals surface area contributed by atoms with Crippen molar-refractivity contribution in [2.24, 2.45) is 0 Å². The summed E-state index contributed by atoms with van der Waals surface area (Å²) in [6, 6.07) is 11.9. The van der Waals surface area contributed by atoms with Crippen LogP contribution in [0.15, 0.2) is 47.2 Å². The zero-order valence-electron chi connectivity index (χ0n) is 9.84. The molecule has 0 bridgehead atoms. The van der Waals surface area contributed by atoms with Crippen LogP contribution in [0.3, 0.4) is 0 Å². The third-order valence-electron chi connectivity index (χ3n) is 2.93. The highest BCUT2D eigenvalue weighted by atomic mass is 16.3. The maximum Gasteiger partial charge on any atom is 0.141 e. The van der Waals surface area contributed by atoms with Crippen LogP contribution >= 0.6 is 0 Å². The highest BCUT2D eigenvalue weighted by Crippen LogP contribution is 2.31. The van der Waals surface area contributed by atoms with Crippen LogP contribution in [-0.2, 0) is 0 Å². The lowest BCUT2D eigenvalue weighted by Crippen LogP contribution is -1.89. The molecule has 3 aromatic rings. The van der Waals surface area contributed by atoms with Gasteiger partial charge in [0.1, 0.15) is 11.7 Å². The van der Waals surface area contributed by atoms with Gasteiger partial charge in [-0.1, -0.05) is 18.2 Å². The normalized spacial score (nSPS) is 10.4. The van der Waals surface area contributed by atoms with Crippen LogP contribution in [0, 0.1) is 18.3 Å². The summed E-state index contributed by atoms with van der Waals surface area (Å²) in [5, 5.41) is 10.2. The van der Waals surface area contributed by atoms with Gasteiger partial charge < -0.3 is 4.42 Å². The number of para-hydroxylation sites is 1. The Hall–Kier alpha value is -2.60. The molecule has 2 aromatic heterocycles. The fraction of sp³-hybridized carbons (Fsp3) is 0.0667. The number of fused-ring (bicyclic) bond motifs is 1. The second-order valence-corrected chi connectivity index (χ2v) is 4.13. The average Bonchev–Trinajstić information content (AvgIpc) is 2.86. The van der Waals surface area contributed by atoms with Crippen molar-refractivity contribution in [3.63, 3.8) is 0 Å². The summed E-state index contributed by atoms with van der Waals surface area (Å²) >= 11 is 0. The zero-order valence-corrected chi connectivity index (χ0v) is 9.84. The van der Waals surface area contributed by atoms with Crippen LogP contribution in [0.2, 0.25) is 0 Å². The lowest BCUT2D eigenvalue weighted by Gasteiger charge is -2.05. The molecule has 0 aliphatic heterocycles. The van der Waals surface area contributed by atoms with E-state index in [2.05, 4.69) is 11.1 Å². The number of furan rings is 1. The van der Waals surface area contributed by atoms with E-state index in [1.54, 1.807) is 12.5 Å². The first kappa shape index (κ1) is 10.5. The van der Waals surface area contributed by atoms with Crippen molar-refractivity contribution in [2.45, 2.75) is 6.92 Å². The molecule has 3 heteroatoms. The first-order valence-electron chi connectivity index (χ1n) is 5.63. The Kier molecular flexibility index (Phi) is 2.35. The molecule has 0 unspecified atom stereocenters. The summed E-state index contributed by atoms with van der Waals surface area (Å²) in [5.74, 6) is 0. The van der Waals surface area contributed by atoms with Gasteiger partial charge in [-0.2, -0.15) is 5.26 Å². The summed E-state index contributed by atoms with van der Waals surface area (Å²) < 4.78 is 5.51. The molecule has 18 heavy (non-hydrogen) atoms.